The Morgan fingerprint density at radius 3 is 2.28 bits per heavy atom. The minimum Gasteiger partial charge on any atom is -0.480 e. The molecule has 0 aliphatic carbocycles. The van der Waals surface area contributed by atoms with Gasteiger partial charge in [-0.2, -0.15) is 0 Å². The Labute approximate surface area is 189 Å². The highest BCUT2D eigenvalue weighted by molar-refractivity contribution is 5.79. The van der Waals surface area contributed by atoms with Crippen molar-refractivity contribution in [2.24, 2.45) is 11.7 Å². The van der Waals surface area contributed by atoms with Crippen molar-refractivity contribution in [1.29, 1.82) is 0 Å². The van der Waals surface area contributed by atoms with Crippen LogP contribution in [0.15, 0.2) is 0 Å². The second-order valence-corrected chi connectivity index (χ2v) is 8.71. The van der Waals surface area contributed by atoms with E-state index >= 15 is 0 Å². The summed E-state index contributed by atoms with van der Waals surface area (Å²) in [5.74, 6) is -1.59. The van der Waals surface area contributed by atoms with E-state index < -0.39 is 30.3 Å². The summed E-state index contributed by atoms with van der Waals surface area (Å²) in [6.45, 7) is 4.45. The highest BCUT2D eigenvalue weighted by atomic mass is 16.5. The minimum absolute atomic E-state index is 0.00651. The number of ether oxygens (including phenoxy) is 1. The van der Waals surface area contributed by atoms with Crippen LogP contribution in [0.25, 0.3) is 0 Å². The molecule has 0 unspecified atom stereocenters. The van der Waals surface area contributed by atoms with Crippen LogP contribution in [0, 0.1) is 5.92 Å². The van der Waals surface area contributed by atoms with Gasteiger partial charge in [-0.3, -0.25) is 14.4 Å². The average molecular weight is 462 g/mol. The van der Waals surface area contributed by atoms with E-state index in [0.717, 1.165) is 0 Å². The van der Waals surface area contributed by atoms with Crippen molar-refractivity contribution in [2.75, 3.05) is 39.4 Å². The normalized spacial score (nSPS) is 25.3. The first kappa shape index (κ1) is 28.2. The third-order valence-corrected chi connectivity index (χ3v) is 5.37. The maximum atomic E-state index is 12.7. The quantitative estimate of drug-likeness (QED) is 0.325. The summed E-state index contributed by atoms with van der Waals surface area (Å²) in [4.78, 5) is 39.3. The summed E-state index contributed by atoms with van der Waals surface area (Å²) in [7, 11) is 0. The third kappa shape index (κ3) is 10.2. The number of amides is 2. The number of carboxylic acids is 1. The van der Waals surface area contributed by atoms with Gasteiger partial charge < -0.3 is 40.7 Å². The highest BCUT2D eigenvalue weighted by Gasteiger charge is 2.29. The molecule has 0 aromatic heterocycles. The summed E-state index contributed by atoms with van der Waals surface area (Å²) in [6.07, 6.45) is -2.74. The molecule has 0 saturated carbocycles. The van der Waals surface area contributed by atoms with Crippen LogP contribution in [0.2, 0.25) is 0 Å². The summed E-state index contributed by atoms with van der Waals surface area (Å²) >= 11 is 0. The molecule has 1 rings (SSSR count). The van der Waals surface area contributed by atoms with Crippen molar-refractivity contribution in [3.8, 4) is 0 Å². The molecule has 1 aliphatic rings. The fourth-order valence-electron chi connectivity index (χ4n) is 3.36. The lowest BCUT2D eigenvalue weighted by Gasteiger charge is -2.32. The summed E-state index contributed by atoms with van der Waals surface area (Å²) < 4.78 is 5.35. The maximum absolute atomic E-state index is 12.7. The molecule has 4 atom stereocenters. The van der Waals surface area contributed by atoms with Crippen LogP contribution in [-0.4, -0.2) is 112 Å². The van der Waals surface area contributed by atoms with Crippen LogP contribution < -0.4 is 5.73 Å². The van der Waals surface area contributed by atoms with Crippen molar-refractivity contribution in [3.05, 3.63) is 0 Å². The van der Waals surface area contributed by atoms with Crippen LogP contribution in [0.1, 0.15) is 46.0 Å². The number of carboxylic acid groups (broad SMARTS) is 1. The molecule has 0 radical (unpaired) electrons. The van der Waals surface area contributed by atoms with Crippen LogP contribution in [0.3, 0.4) is 0 Å². The number of nitrogens with two attached hydrogens (primary N) is 1. The molecule has 1 fully saturated rings. The standard InChI is InChI=1S/C21H39N3O8/c1-14(2)11-19(28)24-9-8-23(18(27)6-5-15(22)21(30)31)7-3-4-10-32-13-17(26)20(29)16(25)12-24/h14-17,20,25-26,29H,3-13,22H2,1-2H3,(H,30,31)/t15-,16+,17-,20-/m1/s1. The molecular weight excluding hydrogens is 422 g/mol. The molecule has 0 aromatic carbocycles. The second-order valence-electron chi connectivity index (χ2n) is 8.71. The molecular formula is C21H39N3O8. The Balaban J connectivity index is 2.93. The van der Waals surface area contributed by atoms with Gasteiger partial charge in [0.05, 0.1) is 6.61 Å². The largest absolute Gasteiger partial charge is 0.480 e. The molecule has 1 aliphatic heterocycles. The van der Waals surface area contributed by atoms with E-state index in [0.29, 0.717) is 26.0 Å². The number of carbonyl (C=O) groups is 3. The number of aliphatic hydroxyl groups is 3. The molecule has 0 spiro atoms. The Morgan fingerprint density at radius 1 is 1.00 bits per heavy atom. The molecule has 6 N–H and O–H groups in total. The Kier molecular flexibility index (Phi) is 12.7. The Bertz CT molecular complexity index is 604. The topological polar surface area (TPSA) is 174 Å². The number of carbonyl (C=O) groups excluding carboxylic acids is 2. The van der Waals surface area contributed by atoms with Gasteiger partial charge in [-0.15, -0.1) is 0 Å². The van der Waals surface area contributed by atoms with Gasteiger partial charge in [0, 0.05) is 45.6 Å². The van der Waals surface area contributed by atoms with E-state index in [1.807, 2.05) is 13.8 Å². The van der Waals surface area contributed by atoms with Crippen molar-refractivity contribution in [2.45, 2.75) is 70.3 Å². The number of rotatable bonds is 6. The van der Waals surface area contributed by atoms with Crippen molar-refractivity contribution in [1.82, 2.24) is 9.80 Å². The summed E-state index contributed by atoms with van der Waals surface area (Å²) in [5.41, 5.74) is 5.50. The lowest BCUT2D eigenvalue weighted by molar-refractivity contribution is -0.141. The van der Waals surface area contributed by atoms with E-state index in [-0.39, 0.29) is 63.2 Å². The number of hydrogen-bond donors (Lipinski definition) is 5. The maximum Gasteiger partial charge on any atom is 0.320 e. The molecule has 11 nitrogen and oxygen atoms in total. The monoisotopic (exact) mass is 461 g/mol. The van der Waals surface area contributed by atoms with Crippen LogP contribution in [0.5, 0.6) is 0 Å². The van der Waals surface area contributed by atoms with Crippen LogP contribution in [-0.2, 0) is 19.1 Å². The number of aliphatic hydroxyl groups excluding tert-OH is 3. The zero-order valence-electron chi connectivity index (χ0n) is 19.1. The summed E-state index contributed by atoms with van der Waals surface area (Å²) in [6, 6.07) is -1.13. The van der Waals surface area contributed by atoms with Gasteiger partial charge in [-0.25, -0.2) is 0 Å². The fourth-order valence-corrected chi connectivity index (χ4v) is 3.36. The van der Waals surface area contributed by atoms with Gasteiger partial charge in [0.1, 0.15) is 24.4 Å². The first-order valence-corrected chi connectivity index (χ1v) is 11.2. The number of nitrogens with zero attached hydrogens (tertiary/aromatic N) is 2. The zero-order chi connectivity index (χ0) is 24.3. The smallest absolute Gasteiger partial charge is 0.320 e. The predicted molar refractivity (Wildman–Crippen MR) is 116 cm³/mol. The first-order valence-electron chi connectivity index (χ1n) is 11.2. The van der Waals surface area contributed by atoms with Crippen LogP contribution >= 0.6 is 0 Å². The van der Waals surface area contributed by atoms with E-state index in [4.69, 9.17) is 15.6 Å². The molecule has 11 heteroatoms. The van der Waals surface area contributed by atoms with Gasteiger partial charge in [0.2, 0.25) is 11.8 Å². The van der Waals surface area contributed by atoms with E-state index in [9.17, 15) is 29.7 Å². The molecule has 32 heavy (non-hydrogen) atoms. The fraction of sp³-hybridized carbons (Fsp3) is 0.857. The minimum atomic E-state index is -1.48. The number of β-amino-alcohol motifs (C(OH)–C–C–N with tert-alkyl or cyclic N) is 1. The first-order chi connectivity index (χ1) is 15.0. The number of aliphatic carboxylic acids is 1. The molecule has 2 amide bonds. The molecule has 1 heterocycles. The molecule has 0 aromatic rings. The lowest BCUT2D eigenvalue weighted by atomic mass is 10.1. The highest BCUT2D eigenvalue weighted by Crippen LogP contribution is 2.11. The average Bonchev–Trinajstić information content (AvgIpc) is 2.72. The molecule has 186 valence electrons. The molecule has 0 bridgehead atoms. The van der Waals surface area contributed by atoms with E-state index in [1.54, 1.807) is 4.90 Å². The second kappa shape index (κ2) is 14.4. The predicted octanol–water partition coefficient (Wildman–Crippen LogP) is -1.23. The van der Waals surface area contributed by atoms with Gasteiger partial charge in [-0.1, -0.05) is 13.8 Å². The van der Waals surface area contributed by atoms with Crippen molar-refractivity contribution >= 4 is 17.8 Å². The Hall–Kier alpha value is -1.79. The van der Waals surface area contributed by atoms with Gasteiger partial charge in [-0.05, 0) is 25.2 Å². The number of hydrogen-bond acceptors (Lipinski definition) is 8. The van der Waals surface area contributed by atoms with Crippen molar-refractivity contribution < 1.29 is 39.5 Å². The molecule has 1 saturated heterocycles. The summed E-state index contributed by atoms with van der Waals surface area (Å²) in [5, 5.41) is 39.5. The lowest BCUT2D eigenvalue weighted by Crippen LogP contribution is -2.50. The van der Waals surface area contributed by atoms with E-state index in [2.05, 4.69) is 0 Å². The third-order valence-electron chi connectivity index (χ3n) is 5.37. The zero-order valence-corrected chi connectivity index (χ0v) is 19.1. The van der Waals surface area contributed by atoms with Crippen molar-refractivity contribution in [3.63, 3.8) is 0 Å². The van der Waals surface area contributed by atoms with Gasteiger partial charge in [0.15, 0.2) is 0 Å². The Morgan fingerprint density at radius 2 is 1.66 bits per heavy atom. The van der Waals surface area contributed by atoms with Gasteiger partial charge >= 0.3 is 5.97 Å². The van der Waals surface area contributed by atoms with Crippen LogP contribution in [0.4, 0.5) is 0 Å². The SMILES string of the molecule is CC(C)CC(=O)N1CCN(C(=O)CC[C@@H](N)C(=O)O)CCCCOC[C@@H](O)[C@H](O)[C@@H](O)C1. The van der Waals surface area contributed by atoms with Gasteiger partial charge in [0.25, 0.3) is 0 Å². The van der Waals surface area contributed by atoms with E-state index in [1.165, 1.54) is 4.90 Å².